The SMILES string of the molecule is COC(=O)[C@H](Cc1ccc(Br)cc1)NC(=O)C[C@@H](O)CNC(=O)OCc1ccccc1. The largest absolute Gasteiger partial charge is 0.467 e. The lowest BCUT2D eigenvalue weighted by Gasteiger charge is -2.18. The van der Waals surface area contributed by atoms with Crippen molar-refractivity contribution in [3.05, 3.63) is 70.2 Å². The molecule has 0 unspecified atom stereocenters. The van der Waals surface area contributed by atoms with E-state index >= 15 is 0 Å². The molecule has 0 aliphatic carbocycles. The monoisotopic (exact) mass is 492 g/mol. The molecule has 8 nitrogen and oxygen atoms in total. The zero-order valence-corrected chi connectivity index (χ0v) is 18.6. The number of aliphatic hydroxyl groups excluding tert-OH is 1. The molecule has 0 saturated heterocycles. The van der Waals surface area contributed by atoms with E-state index in [1.165, 1.54) is 7.11 Å². The number of carbonyl (C=O) groups is 3. The van der Waals surface area contributed by atoms with Gasteiger partial charge in [-0.15, -0.1) is 0 Å². The van der Waals surface area contributed by atoms with Gasteiger partial charge in [0.05, 0.1) is 19.6 Å². The van der Waals surface area contributed by atoms with E-state index in [0.29, 0.717) is 0 Å². The molecule has 2 amide bonds. The second kappa shape index (κ2) is 12.7. The molecule has 0 fully saturated rings. The highest BCUT2D eigenvalue weighted by atomic mass is 79.9. The molecule has 0 bridgehead atoms. The van der Waals surface area contributed by atoms with E-state index in [1.807, 2.05) is 54.6 Å². The predicted octanol–water partition coefficient (Wildman–Crippen LogP) is 2.33. The average Bonchev–Trinajstić information content (AvgIpc) is 2.77. The minimum Gasteiger partial charge on any atom is -0.467 e. The number of ether oxygens (including phenoxy) is 2. The van der Waals surface area contributed by atoms with Gasteiger partial charge in [-0.05, 0) is 23.3 Å². The molecule has 2 atom stereocenters. The van der Waals surface area contributed by atoms with Crippen LogP contribution in [0.4, 0.5) is 4.79 Å². The van der Waals surface area contributed by atoms with Crippen molar-refractivity contribution in [3.8, 4) is 0 Å². The Bertz CT molecular complexity index is 860. The second-order valence-electron chi connectivity index (χ2n) is 6.77. The van der Waals surface area contributed by atoms with Crippen molar-refractivity contribution in [2.45, 2.75) is 31.6 Å². The minimum absolute atomic E-state index is 0.0973. The number of carbonyl (C=O) groups excluding carboxylic acids is 3. The minimum atomic E-state index is -1.14. The fourth-order valence-corrected chi connectivity index (χ4v) is 2.97. The molecule has 0 aliphatic rings. The highest BCUT2D eigenvalue weighted by Gasteiger charge is 2.23. The van der Waals surface area contributed by atoms with E-state index in [-0.39, 0.29) is 26.0 Å². The summed E-state index contributed by atoms with van der Waals surface area (Å²) >= 11 is 3.34. The van der Waals surface area contributed by atoms with E-state index in [4.69, 9.17) is 9.47 Å². The molecule has 0 saturated carbocycles. The Balaban J connectivity index is 1.76. The number of aliphatic hydroxyl groups is 1. The highest BCUT2D eigenvalue weighted by Crippen LogP contribution is 2.12. The summed E-state index contributed by atoms with van der Waals surface area (Å²) in [4.78, 5) is 36.0. The number of hydrogen-bond donors (Lipinski definition) is 3. The fraction of sp³-hybridized carbons (Fsp3) is 0.318. The Morgan fingerprint density at radius 3 is 2.35 bits per heavy atom. The molecule has 2 aromatic rings. The topological polar surface area (TPSA) is 114 Å². The summed E-state index contributed by atoms with van der Waals surface area (Å²) in [5, 5.41) is 15.0. The lowest BCUT2D eigenvalue weighted by Crippen LogP contribution is -2.45. The molecule has 31 heavy (non-hydrogen) atoms. The number of rotatable bonds is 10. The second-order valence-corrected chi connectivity index (χ2v) is 7.69. The molecular weight excluding hydrogens is 468 g/mol. The van der Waals surface area contributed by atoms with Gasteiger partial charge in [-0.25, -0.2) is 9.59 Å². The summed E-state index contributed by atoms with van der Waals surface area (Å²) in [5.41, 5.74) is 1.67. The molecule has 9 heteroatoms. The van der Waals surface area contributed by atoms with Crippen LogP contribution in [0.3, 0.4) is 0 Å². The lowest BCUT2D eigenvalue weighted by atomic mass is 10.1. The summed E-state index contributed by atoms with van der Waals surface area (Å²) in [5.74, 6) is -1.13. The molecule has 0 spiro atoms. The Morgan fingerprint density at radius 1 is 1.03 bits per heavy atom. The van der Waals surface area contributed by atoms with Gasteiger partial charge >= 0.3 is 12.1 Å². The molecule has 2 rings (SSSR count). The maximum absolute atomic E-state index is 12.3. The molecule has 2 aromatic carbocycles. The van der Waals surface area contributed by atoms with Crippen LogP contribution >= 0.6 is 15.9 Å². The first-order chi connectivity index (χ1) is 14.9. The molecule has 0 aromatic heterocycles. The van der Waals surface area contributed by atoms with Gasteiger partial charge in [0.15, 0.2) is 0 Å². The first-order valence-corrected chi connectivity index (χ1v) is 10.4. The zero-order chi connectivity index (χ0) is 22.6. The van der Waals surface area contributed by atoms with Crippen molar-refractivity contribution >= 4 is 33.9 Å². The first kappa shape index (κ1) is 24.4. The number of alkyl carbamates (subject to hydrolysis) is 1. The summed E-state index contributed by atoms with van der Waals surface area (Å²) in [7, 11) is 1.24. The molecule has 166 valence electrons. The van der Waals surface area contributed by atoms with Crippen LogP contribution in [0.5, 0.6) is 0 Å². The quantitative estimate of drug-likeness (QED) is 0.438. The smallest absolute Gasteiger partial charge is 0.407 e. The maximum atomic E-state index is 12.3. The van der Waals surface area contributed by atoms with Gasteiger partial charge in [-0.2, -0.15) is 0 Å². The van der Waals surface area contributed by atoms with Crippen molar-refractivity contribution < 1.29 is 29.0 Å². The first-order valence-electron chi connectivity index (χ1n) is 9.61. The summed E-state index contributed by atoms with van der Waals surface area (Å²) in [6, 6.07) is 15.6. The normalized spacial score (nSPS) is 12.4. The van der Waals surface area contributed by atoms with Crippen molar-refractivity contribution in [2.75, 3.05) is 13.7 Å². The van der Waals surface area contributed by atoms with Crippen molar-refractivity contribution in [2.24, 2.45) is 0 Å². The summed E-state index contributed by atoms with van der Waals surface area (Å²) < 4.78 is 10.7. The number of hydrogen-bond acceptors (Lipinski definition) is 6. The Kier molecular flexibility index (Phi) is 9.99. The summed E-state index contributed by atoms with van der Waals surface area (Å²) in [6.45, 7) is -0.0727. The van der Waals surface area contributed by atoms with Crippen LogP contribution in [-0.4, -0.2) is 48.9 Å². The molecular formula is C22H25BrN2O6. The lowest BCUT2D eigenvalue weighted by molar-refractivity contribution is -0.145. The summed E-state index contributed by atoms with van der Waals surface area (Å²) in [6.07, 6.45) is -1.90. The Morgan fingerprint density at radius 2 is 1.71 bits per heavy atom. The molecule has 3 N–H and O–H groups in total. The van der Waals surface area contributed by atoms with Gasteiger partial charge in [0, 0.05) is 17.4 Å². The van der Waals surface area contributed by atoms with Gasteiger partial charge < -0.3 is 25.2 Å². The Labute approximate surface area is 189 Å². The number of esters is 1. The van der Waals surface area contributed by atoms with Crippen LogP contribution < -0.4 is 10.6 Å². The van der Waals surface area contributed by atoms with Crippen LogP contribution in [0, 0.1) is 0 Å². The maximum Gasteiger partial charge on any atom is 0.407 e. The van der Waals surface area contributed by atoms with E-state index in [1.54, 1.807) is 0 Å². The number of amides is 2. The number of methoxy groups -OCH3 is 1. The predicted molar refractivity (Wildman–Crippen MR) is 117 cm³/mol. The number of halogens is 1. The standard InChI is InChI=1S/C22H25BrN2O6/c1-30-21(28)19(11-15-7-9-17(23)10-8-15)25-20(27)12-18(26)13-24-22(29)31-14-16-5-3-2-4-6-16/h2-10,18-19,26H,11-14H2,1H3,(H,24,29)(H,25,27)/t18-,19+/m1/s1. The van der Waals surface area contributed by atoms with Crippen LogP contribution in [0.25, 0.3) is 0 Å². The van der Waals surface area contributed by atoms with Gasteiger partial charge in [0.25, 0.3) is 0 Å². The van der Waals surface area contributed by atoms with Crippen molar-refractivity contribution in [1.29, 1.82) is 0 Å². The third-order valence-electron chi connectivity index (χ3n) is 4.29. The molecule has 0 aliphatic heterocycles. The van der Waals surface area contributed by atoms with E-state index in [2.05, 4.69) is 26.6 Å². The van der Waals surface area contributed by atoms with Gasteiger partial charge in [-0.3, -0.25) is 4.79 Å². The van der Waals surface area contributed by atoms with Gasteiger partial charge in [0.2, 0.25) is 5.91 Å². The van der Waals surface area contributed by atoms with Crippen LogP contribution in [0.2, 0.25) is 0 Å². The van der Waals surface area contributed by atoms with E-state index in [0.717, 1.165) is 15.6 Å². The van der Waals surface area contributed by atoms with Gasteiger partial charge in [0.1, 0.15) is 12.6 Å². The van der Waals surface area contributed by atoms with E-state index in [9.17, 15) is 19.5 Å². The van der Waals surface area contributed by atoms with Crippen molar-refractivity contribution in [3.63, 3.8) is 0 Å². The third kappa shape index (κ3) is 9.18. The number of nitrogens with one attached hydrogen (secondary N) is 2. The third-order valence-corrected chi connectivity index (χ3v) is 4.82. The van der Waals surface area contributed by atoms with Crippen LogP contribution in [0.15, 0.2) is 59.1 Å². The Hall–Kier alpha value is -2.91. The van der Waals surface area contributed by atoms with Gasteiger partial charge in [-0.1, -0.05) is 58.4 Å². The van der Waals surface area contributed by atoms with Crippen LogP contribution in [0.1, 0.15) is 17.5 Å². The van der Waals surface area contributed by atoms with Crippen LogP contribution in [-0.2, 0) is 32.1 Å². The highest BCUT2D eigenvalue weighted by molar-refractivity contribution is 9.10. The molecule has 0 radical (unpaired) electrons. The average molecular weight is 493 g/mol. The van der Waals surface area contributed by atoms with E-state index < -0.39 is 30.1 Å². The molecule has 0 heterocycles. The fourth-order valence-electron chi connectivity index (χ4n) is 2.71. The number of benzene rings is 2. The zero-order valence-electron chi connectivity index (χ0n) is 17.0. The van der Waals surface area contributed by atoms with Crippen molar-refractivity contribution in [1.82, 2.24) is 10.6 Å².